The number of nitro groups is 1. The number of rotatable bonds is 6. The van der Waals surface area contributed by atoms with Crippen LogP contribution >= 0.6 is 0 Å². The largest absolute Gasteiger partial charge is 0.383 e. The fraction of sp³-hybridized carbons (Fsp3) is 0.176. The maximum absolute atomic E-state index is 12.3. The third-order valence-electron chi connectivity index (χ3n) is 3.45. The van der Waals surface area contributed by atoms with Crippen LogP contribution in [0.15, 0.2) is 42.5 Å². The van der Waals surface area contributed by atoms with Crippen molar-refractivity contribution < 1.29 is 14.5 Å². The fourth-order valence-corrected chi connectivity index (χ4v) is 2.24. The van der Waals surface area contributed by atoms with Crippen LogP contribution in [-0.4, -0.2) is 30.3 Å². The van der Waals surface area contributed by atoms with E-state index in [0.717, 1.165) is 0 Å². The van der Waals surface area contributed by atoms with Gasteiger partial charge in [-0.15, -0.1) is 0 Å². The Morgan fingerprint density at radius 2 is 1.80 bits per heavy atom. The minimum Gasteiger partial charge on any atom is -0.383 e. The molecule has 0 aliphatic carbocycles. The molecule has 0 unspecified atom stereocenters. The molecule has 0 radical (unpaired) electrons. The van der Waals surface area contributed by atoms with E-state index in [1.54, 1.807) is 31.3 Å². The molecule has 0 aromatic heterocycles. The van der Waals surface area contributed by atoms with Gasteiger partial charge in [0.15, 0.2) is 0 Å². The Bertz CT molecular complexity index is 820. The molecule has 25 heavy (non-hydrogen) atoms. The summed E-state index contributed by atoms with van der Waals surface area (Å²) >= 11 is 0. The first-order valence-electron chi connectivity index (χ1n) is 7.62. The molecule has 0 saturated carbocycles. The number of amides is 2. The zero-order chi connectivity index (χ0) is 18.4. The molecule has 0 bridgehead atoms. The molecule has 0 spiro atoms. The Labute approximate surface area is 144 Å². The molecule has 8 heteroatoms. The Hall–Kier alpha value is -3.42. The van der Waals surface area contributed by atoms with Crippen molar-refractivity contribution in [3.63, 3.8) is 0 Å². The number of hydrogen-bond donors (Lipinski definition) is 3. The smallest absolute Gasteiger partial charge is 0.293 e. The zero-order valence-electron chi connectivity index (χ0n) is 13.8. The highest BCUT2D eigenvalue weighted by Gasteiger charge is 2.17. The zero-order valence-corrected chi connectivity index (χ0v) is 13.8. The van der Waals surface area contributed by atoms with Crippen LogP contribution in [0.1, 0.15) is 27.6 Å². The summed E-state index contributed by atoms with van der Waals surface area (Å²) in [5, 5.41) is 19.1. The number of nitrogens with zero attached hydrogens (tertiary/aromatic N) is 1. The summed E-state index contributed by atoms with van der Waals surface area (Å²) in [4.78, 5) is 34.7. The number of hydrogen-bond acceptors (Lipinski definition) is 5. The lowest BCUT2D eigenvalue weighted by molar-refractivity contribution is -0.384. The first-order chi connectivity index (χ1) is 12.0. The molecule has 0 saturated heterocycles. The molecule has 2 aromatic carbocycles. The minimum absolute atomic E-state index is 0.147. The second-order valence-electron chi connectivity index (χ2n) is 5.13. The molecule has 2 amide bonds. The summed E-state index contributed by atoms with van der Waals surface area (Å²) in [6.07, 6.45) is 0. The normalized spacial score (nSPS) is 10.0. The van der Waals surface area contributed by atoms with Gasteiger partial charge in [0, 0.05) is 36.5 Å². The van der Waals surface area contributed by atoms with Gasteiger partial charge in [-0.2, -0.15) is 0 Å². The highest BCUT2D eigenvalue weighted by molar-refractivity contribution is 6.05. The lowest BCUT2D eigenvalue weighted by Gasteiger charge is -2.09. The predicted octanol–water partition coefficient (Wildman–Crippen LogP) is 2.64. The topological polar surface area (TPSA) is 113 Å². The third kappa shape index (κ3) is 4.31. The SMILES string of the molecule is CCNC(=O)c1cccc(NC(=O)c2ccc(NC)c([N+](=O)[O-])c2)c1. The molecule has 0 atom stereocenters. The van der Waals surface area contributed by atoms with Crippen molar-refractivity contribution in [1.82, 2.24) is 5.32 Å². The van der Waals surface area contributed by atoms with Gasteiger partial charge in [0.2, 0.25) is 0 Å². The molecule has 3 N–H and O–H groups in total. The molecule has 8 nitrogen and oxygen atoms in total. The standard InChI is InChI=1S/C17H18N4O4/c1-3-19-16(22)11-5-4-6-13(9-11)20-17(23)12-7-8-14(18-2)15(10-12)21(24)25/h4-10,18H,3H2,1-2H3,(H,19,22)(H,20,23). The van der Waals surface area contributed by atoms with Gasteiger partial charge in [0.1, 0.15) is 5.69 Å². The lowest BCUT2D eigenvalue weighted by Crippen LogP contribution is -2.22. The number of nitro benzene ring substituents is 1. The summed E-state index contributed by atoms with van der Waals surface area (Å²) in [6, 6.07) is 10.6. The van der Waals surface area contributed by atoms with Crippen LogP contribution in [0, 0.1) is 10.1 Å². The fourth-order valence-electron chi connectivity index (χ4n) is 2.24. The second kappa shape index (κ2) is 7.91. The second-order valence-corrected chi connectivity index (χ2v) is 5.13. The molecule has 0 heterocycles. The third-order valence-corrected chi connectivity index (χ3v) is 3.45. The van der Waals surface area contributed by atoms with Gasteiger partial charge in [-0.3, -0.25) is 19.7 Å². The van der Waals surface area contributed by atoms with Crippen molar-refractivity contribution in [2.24, 2.45) is 0 Å². The van der Waals surface area contributed by atoms with Crippen molar-refractivity contribution in [1.29, 1.82) is 0 Å². The number of carbonyl (C=O) groups excluding carboxylic acids is 2. The number of benzene rings is 2. The van der Waals surface area contributed by atoms with Gasteiger partial charge in [0.05, 0.1) is 4.92 Å². The van der Waals surface area contributed by atoms with Crippen LogP contribution in [0.2, 0.25) is 0 Å². The van der Waals surface area contributed by atoms with Crippen LogP contribution in [-0.2, 0) is 0 Å². The van der Waals surface area contributed by atoms with E-state index in [1.807, 2.05) is 6.92 Å². The molecule has 2 rings (SSSR count). The minimum atomic E-state index is -0.557. The van der Waals surface area contributed by atoms with E-state index in [0.29, 0.717) is 23.5 Å². The first-order valence-corrected chi connectivity index (χ1v) is 7.62. The van der Waals surface area contributed by atoms with E-state index in [-0.39, 0.29) is 17.2 Å². The average Bonchev–Trinajstić information content (AvgIpc) is 2.61. The Morgan fingerprint density at radius 1 is 1.08 bits per heavy atom. The molecular formula is C17H18N4O4. The van der Waals surface area contributed by atoms with Gasteiger partial charge in [-0.1, -0.05) is 6.07 Å². The Kier molecular flexibility index (Phi) is 5.67. The average molecular weight is 342 g/mol. The summed E-state index contributed by atoms with van der Waals surface area (Å²) in [7, 11) is 1.56. The van der Waals surface area contributed by atoms with Crippen molar-refractivity contribution in [3.8, 4) is 0 Å². The van der Waals surface area contributed by atoms with Crippen LogP contribution < -0.4 is 16.0 Å². The van der Waals surface area contributed by atoms with Gasteiger partial charge in [-0.05, 0) is 37.3 Å². The summed E-state index contributed by atoms with van der Waals surface area (Å²) in [5.41, 5.74) is 1.12. The van der Waals surface area contributed by atoms with Crippen LogP contribution in [0.3, 0.4) is 0 Å². The molecular weight excluding hydrogens is 324 g/mol. The maximum atomic E-state index is 12.3. The van der Waals surface area contributed by atoms with Gasteiger partial charge in [-0.25, -0.2) is 0 Å². The van der Waals surface area contributed by atoms with E-state index < -0.39 is 10.8 Å². The van der Waals surface area contributed by atoms with Crippen molar-refractivity contribution in [2.45, 2.75) is 6.92 Å². The Morgan fingerprint density at radius 3 is 2.44 bits per heavy atom. The first kappa shape index (κ1) is 17.9. The highest BCUT2D eigenvalue weighted by Crippen LogP contribution is 2.25. The number of anilines is 2. The van der Waals surface area contributed by atoms with Crippen molar-refractivity contribution >= 4 is 28.9 Å². The van der Waals surface area contributed by atoms with E-state index in [2.05, 4.69) is 16.0 Å². The van der Waals surface area contributed by atoms with Crippen molar-refractivity contribution in [3.05, 3.63) is 63.7 Å². The van der Waals surface area contributed by atoms with E-state index in [4.69, 9.17) is 0 Å². The van der Waals surface area contributed by atoms with E-state index in [1.165, 1.54) is 18.2 Å². The summed E-state index contributed by atoms with van der Waals surface area (Å²) < 4.78 is 0. The summed E-state index contributed by atoms with van der Waals surface area (Å²) in [5.74, 6) is -0.744. The Balaban J connectivity index is 2.22. The maximum Gasteiger partial charge on any atom is 0.293 e. The van der Waals surface area contributed by atoms with E-state index >= 15 is 0 Å². The lowest BCUT2D eigenvalue weighted by atomic mass is 10.1. The number of nitrogens with one attached hydrogen (secondary N) is 3. The van der Waals surface area contributed by atoms with Crippen LogP contribution in [0.25, 0.3) is 0 Å². The number of carbonyl (C=O) groups is 2. The van der Waals surface area contributed by atoms with Crippen LogP contribution in [0.4, 0.5) is 17.1 Å². The highest BCUT2D eigenvalue weighted by atomic mass is 16.6. The van der Waals surface area contributed by atoms with Gasteiger partial charge >= 0.3 is 0 Å². The monoisotopic (exact) mass is 342 g/mol. The summed E-state index contributed by atoms with van der Waals surface area (Å²) in [6.45, 7) is 2.31. The van der Waals surface area contributed by atoms with E-state index in [9.17, 15) is 19.7 Å². The van der Waals surface area contributed by atoms with Crippen molar-refractivity contribution in [2.75, 3.05) is 24.2 Å². The quantitative estimate of drug-likeness (QED) is 0.552. The van der Waals surface area contributed by atoms with Gasteiger partial charge in [0.25, 0.3) is 17.5 Å². The molecule has 130 valence electrons. The molecule has 0 aliphatic heterocycles. The predicted molar refractivity (Wildman–Crippen MR) is 95.0 cm³/mol. The van der Waals surface area contributed by atoms with Gasteiger partial charge < -0.3 is 16.0 Å². The molecule has 0 fully saturated rings. The van der Waals surface area contributed by atoms with Crippen LogP contribution in [0.5, 0.6) is 0 Å². The molecule has 2 aromatic rings. The molecule has 0 aliphatic rings.